The maximum Gasteiger partial charge on any atom is 0.431 e. The van der Waals surface area contributed by atoms with Gasteiger partial charge in [-0.25, -0.2) is 0 Å². The molecule has 3 aromatic rings. The number of benzene rings is 1. The van der Waals surface area contributed by atoms with Crippen LogP contribution in [0.1, 0.15) is 42.3 Å². The largest absolute Gasteiger partial charge is 0.431 e. The minimum atomic E-state index is -4.60. The van der Waals surface area contributed by atoms with Crippen LogP contribution in [0.3, 0.4) is 0 Å². The van der Waals surface area contributed by atoms with Gasteiger partial charge in [0.15, 0.2) is 5.43 Å². The van der Waals surface area contributed by atoms with Crippen LogP contribution in [0.25, 0.3) is 10.9 Å². The lowest BCUT2D eigenvalue weighted by molar-refractivity contribution is -0.144. The first-order chi connectivity index (χ1) is 14.7. The monoisotopic (exact) mass is 432 g/mol. The van der Waals surface area contributed by atoms with Gasteiger partial charge in [-0.2, -0.15) is 18.3 Å². The minimum Gasteiger partial charge on any atom is -0.335 e. The number of rotatable bonds is 5. The number of hydrogen-bond acceptors (Lipinski definition) is 3. The van der Waals surface area contributed by atoms with Crippen molar-refractivity contribution in [2.24, 2.45) is 0 Å². The predicted molar refractivity (Wildman–Crippen MR) is 114 cm³/mol. The molecular weight excluding hydrogens is 405 g/mol. The Morgan fingerprint density at radius 2 is 1.97 bits per heavy atom. The van der Waals surface area contributed by atoms with Crippen LogP contribution in [0.2, 0.25) is 0 Å². The number of alkyl halides is 3. The van der Waals surface area contributed by atoms with Crippen LogP contribution in [0.5, 0.6) is 0 Å². The zero-order valence-corrected chi connectivity index (χ0v) is 18.0. The van der Waals surface area contributed by atoms with Gasteiger partial charge in [0.2, 0.25) is 0 Å². The van der Waals surface area contributed by atoms with Crippen LogP contribution >= 0.6 is 0 Å². The lowest BCUT2D eigenvalue weighted by atomic mass is 10.1. The summed E-state index contributed by atoms with van der Waals surface area (Å²) in [6.45, 7) is 8.36. The van der Waals surface area contributed by atoms with Crippen molar-refractivity contribution >= 4 is 10.9 Å². The van der Waals surface area contributed by atoms with Crippen molar-refractivity contribution in [2.45, 2.75) is 65.5 Å². The van der Waals surface area contributed by atoms with Gasteiger partial charge in [-0.05, 0) is 52.3 Å². The number of likely N-dealkylation sites (tertiary alicyclic amines) is 1. The molecule has 8 heteroatoms. The third-order valence-corrected chi connectivity index (χ3v) is 6.33. The van der Waals surface area contributed by atoms with Crippen molar-refractivity contribution in [3.63, 3.8) is 0 Å². The Morgan fingerprint density at radius 1 is 1.19 bits per heavy atom. The Kier molecular flexibility index (Phi) is 5.68. The number of aryl methyl sites for hydroxylation is 2. The molecule has 0 radical (unpaired) electrons. The van der Waals surface area contributed by atoms with Gasteiger partial charge in [0, 0.05) is 48.4 Å². The SMILES string of the molecule is CCn1ncc(CN2CCC[C@H]2Cn2c(C(F)(F)F)cc(=O)c3cc(C)ccc32)c1C. The second-order valence-corrected chi connectivity index (χ2v) is 8.36. The van der Waals surface area contributed by atoms with Crippen LogP contribution < -0.4 is 5.43 Å². The van der Waals surface area contributed by atoms with E-state index in [2.05, 4.69) is 10.00 Å². The maximum absolute atomic E-state index is 13.9. The standard InChI is InChI=1S/C23H27F3N4O/c1-4-30-16(3)17(12-27-30)13-28-9-5-6-18(28)14-29-20-8-7-15(2)10-19(20)21(31)11-22(29)23(24,25)26/h7-8,10-12,18H,4-6,9,13-14H2,1-3H3/t18-/m0/s1. The fourth-order valence-electron chi connectivity index (χ4n) is 4.62. The fourth-order valence-corrected chi connectivity index (χ4v) is 4.62. The lowest BCUT2D eigenvalue weighted by Gasteiger charge is -2.28. The molecule has 0 aliphatic carbocycles. The summed E-state index contributed by atoms with van der Waals surface area (Å²) in [7, 11) is 0. The number of nitrogens with zero attached hydrogens (tertiary/aromatic N) is 4. The highest BCUT2D eigenvalue weighted by molar-refractivity contribution is 5.80. The number of aromatic nitrogens is 3. The molecule has 1 aromatic carbocycles. The number of fused-ring (bicyclic) bond motifs is 1. The molecular formula is C23H27F3N4O. The summed E-state index contributed by atoms with van der Waals surface area (Å²) in [6.07, 6.45) is -0.991. The van der Waals surface area contributed by atoms with Gasteiger partial charge in [-0.1, -0.05) is 11.6 Å². The highest BCUT2D eigenvalue weighted by Crippen LogP contribution is 2.32. The lowest BCUT2D eigenvalue weighted by Crippen LogP contribution is -2.35. The summed E-state index contributed by atoms with van der Waals surface area (Å²) in [4.78, 5) is 14.7. The van der Waals surface area contributed by atoms with Crippen molar-refractivity contribution in [2.75, 3.05) is 6.54 Å². The van der Waals surface area contributed by atoms with Crippen LogP contribution in [-0.4, -0.2) is 31.8 Å². The molecule has 0 bridgehead atoms. The topological polar surface area (TPSA) is 43.1 Å². The van der Waals surface area contributed by atoms with Crippen LogP contribution in [0.4, 0.5) is 13.2 Å². The quantitative estimate of drug-likeness (QED) is 0.596. The number of halogens is 3. The Labute approximate surface area is 179 Å². The van der Waals surface area contributed by atoms with Crippen molar-refractivity contribution < 1.29 is 13.2 Å². The normalized spacial score (nSPS) is 17.7. The van der Waals surface area contributed by atoms with E-state index in [0.29, 0.717) is 17.4 Å². The van der Waals surface area contributed by atoms with Gasteiger partial charge in [-0.15, -0.1) is 0 Å². The van der Waals surface area contributed by atoms with Crippen LogP contribution in [0.15, 0.2) is 35.3 Å². The highest BCUT2D eigenvalue weighted by atomic mass is 19.4. The molecule has 1 aliphatic heterocycles. The average Bonchev–Trinajstić information content (AvgIpc) is 3.29. The molecule has 31 heavy (non-hydrogen) atoms. The van der Waals surface area contributed by atoms with Crippen molar-refractivity contribution in [1.29, 1.82) is 0 Å². The summed E-state index contributed by atoms with van der Waals surface area (Å²) >= 11 is 0. The Hall–Kier alpha value is -2.61. The van der Waals surface area contributed by atoms with Gasteiger partial charge in [0.05, 0.1) is 11.7 Å². The van der Waals surface area contributed by atoms with E-state index in [9.17, 15) is 18.0 Å². The van der Waals surface area contributed by atoms with E-state index in [1.165, 1.54) is 4.57 Å². The summed E-state index contributed by atoms with van der Waals surface area (Å²) in [5, 5.41) is 4.72. The summed E-state index contributed by atoms with van der Waals surface area (Å²) in [6, 6.07) is 5.76. The molecule has 166 valence electrons. The Bertz CT molecular complexity index is 1160. The van der Waals surface area contributed by atoms with Gasteiger partial charge in [-0.3, -0.25) is 14.4 Å². The van der Waals surface area contributed by atoms with Crippen LogP contribution in [-0.2, 0) is 25.8 Å². The predicted octanol–water partition coefficient (Wildman–Crippen LogP) is 4.52. The van der Waals surface area contributed by atoms with E-state index < -0.39 is 17.3 Å². The Balaban J connectivity index is 1.72. The first-order valence-corrected chi connectivity index (χ1v) is 10.7. The molecule has 1 aliphatic rings. The maximum atomic E-state index is 13.9. The van der Waals surface area contributed by atoms with Crippen molar-refractivity contribution in [3.05, 3.63) is 63.2 Å². The third-order valence-electron chi connectivity index (χ3n) is 6.33. The third kappa shape index (κ3) is 4.13. The van der Waals surface area contributed by atoms with Crippen molar-refractivity contribution in [3.8, 4) is 0 Å². The van der Waals surface area contributed by atoms with Gasteiger partial charge < -0.3 is 4.57 Å². The molecule has 0 N–H and O–H groups in total. The average molecular weight is 432 g/mol. The van der Waals surface area contributed by atoms with E-state index in [1.54, 1.807) is 18.2 Å². The van der Waals surface area contributed by atoms with Gasteiger partial charge >= 0.3 is 6.18 Å². The first-order valence-electron chi connectivity index (χ1n) is 10.7. The number of pyridine rings is 1. The van der Waals surface area contributed by atoms with Gasteiger partial charge in [0.25, 0.3) is 0 Å². The molecule has 2 aromatic heterocycles. The summed E-state index contributed by atoms with van der Waals surface area (Å²) in [5.74, 6) is 0. The molecule has 1 saturated heterocycles. The molecule has 1 atom stereocenters. The van der Waals surface area contributed by atoms with E-state index in [4.69, 9.17) is 0 Å². The molecule has 5 nitrogen and oxygen atoms in total. The second kappa shape index (κ2) is 8.15. The molecule has 4 rings (SSSR count). The molecule has 0 amide bonds. The zero-order chi connectivity index (χ0) is 22.3. The van der Waals surface area contributed by atoms with E-state index in [1.807, 2.05) is 31.6 Å². The van der Waals surface area contributed by atoms with Crippen molar-refractivity contribution in [1.82, 2.24) is 19.2 Å². The Morgan fingerprint density at radius 3 is 2.65 bits per heavy atom. The highest BCUT2D eigenvalue weighted by Gasteiger charge is 2.36. The smallest absolute Gasteiger partial charge is 0.335 e. The van der Waals surface area contributed by atoms with E-state index in [-0.39, 0.29) is 12.6 Å². The fraction of sp³-hybridized carbons (Fsp3) is 0.478. The molecule has 0 unspecified atom stereocenters. The van der Waals surface area contributed by atoms with Gasteiger partial charge in [0.1, 0.15) is 5.69 Å². The zero-order valence-electron chi connectivity index (χ0n) is 18.0. The first kappa shape index (κ1) is 21.6. The summed E-state index contributed by atoms with van der Waals surface area (Å²) in [5.41, 5.74) is 1.91. The second-order valence-electron chi connectivity index (χ2n) is 8.36. The number of hydrogen-bond donors (Lipinski definition) is 0. The molecule has 3 heterocycles. The summed E-state index contributed by atoms with van der Waals surface area (Å²) < 4.78 is 44.8. The molecule has 1 fully saturated rings. The minimum absolute atomic E-state index is 0.0440. The molecule has 0 spiro atoms. The molecule has 0 saturated carbocycles. The van der Waals surface area contributed by atoms with E-state index >= 15 is 0 Å². The van der Waals surface area contributed by atoms with Crippen LogP contribution in [0, 0.1) is 13.8 Å². The van der Waals surface area contributed by atoms with E-state index in [0.717, 1.165) is 48.8 Å².